The number of nitrogens with zero attached hydrogens (tertiary/aromatic N) is 1. The lowest BCUT2D eigenvalue weighted by atomic mass is 10.3. The van der Waals surface area contributed by atoms with E-state index in [1.807, 2.05) is 0 Å². The van der Waals surface area contributed by atoms with Crippen LogP contribution in [0.5, 0.6) is 0 Å². The van der Waals surface area contributed by atoms with Gasteiger partial charge in [-0.25, -0.2) is 9.20 Å². The van der Waals surface area contributed by atoms with Crippen molar-refractivity contribution in [2.24, 2.45) is 10.7 Å². The average Bonchev–Trinajstić information content (AvgIpc) is 2.08. The molecule has 1 aromatic rings. The molecule has 1 aromatic carbocycles. The molecule has 0 amide bonds. The Morgan fingerprint density at radius 1 is 1.54 bits per heavy atom. The highest BCUT2D eigenvalue weighted by atomic mass is 35.5. The Bertz CT molecular complexity index is 367. The second-order valence-electron chi connectivity index (χ2n) is 2.15. The second-order valence-corrected chi connectivity index (χ2v) is 3.47. The minimum absolute atomic E-state index is 0.367. The van der Waals surface area contributed by atoms with Gasteiger partial charge in [0.2, 0.25) is 16.2 Å². The fraction of sp³-hybridized carbons (Fsp3) is 0. The van der Waals surface area contributed by atoms with Gasteiger partial charge >= 0.3 is 0 Å². The van der Waals surface area contributed by atoms with E-state index in [0.717, 1.165) is 0 Å². The molecule has 70 valence electrons. The van der Waals surface area contributed by atoms with Crippen LogP contribution in [0.1, 0.15) is 0 Å². The zero-order valence-corrected chi connectivity index (χ0v) is 8.05. The summed E-state index contributed by atoms with van der Waals surface area (Å²) in [5, 5.41) is 0.0176. The van der Waals surface area contributed by atoms with Gasteiger partial charge in [-0.05, 0) is 12.1 Å². The van der Waals surface area contributed by atoms with Crippen LogP contribution in [0.3, 0.4) is 0 Å². The molecule has 13 heavy (non-hydrogen) atoms. The number of hydrogen-bond acceptors (Lipinski definition) is 2. The summed E-state index contributed by atoms with van der Waals surface area (Å²) in [6, 6.07) is 6.65. The monoisotopic (exact) mass is 218 g/mol. The zero-order chi connectivity index (χ0) is 9.84. The molecule has 6 heteroatoms. The van der Waals surface area contributed by atoms with Gasteiger partial charge in [0.25, 0.3) is 0 Å². The van der Waals surface area contributed by atoms with E-state index in [0.29, 0.717) is 10.7 Å². The standard InChI is InChI=1S/C7H7ClN2O2S/c8-5-3-1-2-4-6(5)10-7(9)13(11)12/h1-4H,(H2,9,10)(H,11,12). The second kappa shape index (κ2) is 4.36. The fourth-order valence-electron chi connectivity index (χ4n) is 0.700. The van der Waals surface area contributed by atoms with Crippen LogP contribution in [0.15, 0.2) is 29.3 Å². The summed E-state index contributed by atoms with van der Waals surface area (Å²) in [4.78, 5) is 3.67. The Morgan fingerprint density at radius 2 is 2.15 bits per heavy atom. The maximum atomic E-state index is 10.4. The highest BCUT2D eigenvalue weighted by Gasteiger charge is 2.02. The molecule has 0 aliphatic carbocycles. The van der Waals surface area contributed by atoms with Gasteiger partial charge in [0.1, 0.15) is 0 Å². The largest absolute Gasteiger partial charge is 0.374 e. The van der Waals surface area contributed by atoms with Crippen LogP contribution < -0.4 is 5.73 Å². The Hall–Kier alpha value is -0.910. The van der Waals surface area contributed by atoms with Crippen molar-refractivity contribution in [3.05, 3.63) is 29.3 Å². The van der Waals surface area contributed by atoms with Crippen LogP contribution in [-0.2, 0) is 11.1 Å². The van der Waals surface area contributed by atoms with Gasteiger partial charge in [0.15, 0.2) is 0 Å². The summed E-state index contributed by atoms with van der Waals surface area (Å²) in [6.45, 7) is 0. The van der Waals surface area contributed by atoms with E-state index >= 15 is 0 Å². The van der Waals surface area contributed by atoms with Crippen molar-refractivity contribution in [2.75, 3.05) is 0 Å². The number of hydrogen-bond donors (Lipinski definition) is 2. The van der Waals surface area contributed by atoms with Gasteiger partial charge < -0.3 is 5.73 Å². The maximum Gasteiger partial charge on any atom is 0.223 e. The van der Waals surface area contributed by atoms with Crippen molar-refractivity contribution in [3.63, 3.8) is 0 Å². The van der Waals surface area contributed by atoms with Gasteiger partial charge in [-0.1, -0.05) is 23.7 Å². The molecule has 0 bridgehead atoms. The number of nitrogens with two attached hydrogens (primary N) is 1. The number of benzene rings is 1. The first-order valence-corrected chi connectivity index (χ1v) is 4.79. The SMILES string of the molecule is NC(=Nc1ccccc1Cl)S(=O)O. The first-order chi connectivity index (χ1) is 6.11. The van der Waals surface area contributed by atoms with E-state index in [-0.39, 0.29) is 5.17 Å². The van der Waals surface area contributed by atoms with Crippen LogP contribution in [0.25, 0.3) is 0 Å². The third kappa shape index (κ3) is 2.80. The molecule has 0 heterocycles. The predicted octanol–water partition coefficient (Wildman–Crippen LogP) is 1.51. The lowest BCUT2D eigenvalue weighted by Gasteiger charge is -1.97. The lowest BCUT2D eigenvalue weighted by molar-refractivity contribution is 0.576. The summed E-state index contributed by atoms with van der Waals surface area (Å²) in [5.74, 6) is 0. The van der Waals surface area contributed by atoms with Crippen molar-refractivity contribution in [1.82, 2.24) is 0 Å². The molecule has 0 aliphatic rings. The number of aliphatic imine (C=N–C) groups is 1. The van der Waals surface area contributed by atoms with E-state index in [2.05, 4.69) is 4.99 Å². The van der Waals surface area contributed by atoms with E-state index < -0.39 is 11.1 Å². The fourth-order valence-corrected chi connectivity index (χ4v) is 1.05. The zero-order valence-electron chi connectivity index (χ0n) is 6.48. The van der Waals surface area contributed by atoms with E-state index in [4.69, 9.17) is 21.9 Å². The highest BCUT2D eigenvalue weighted by molar-refractivity contribution is 7.95. The summed E-state index contributed by atoms with van der Waals surface area (Å²) in [6.07, 6.45) is 0. The molecule has 4 nitrogen and oxygen atoms in total. The van der Waals surface area contributed by atoms with Crippen molar-refractivity contribution < 1.29 is 8.76 Å². The van der Waals surface area contributed by atoms with Crippen LogP contribution in [0.4, 0.5) is 5.69 Å². The van der Waals surface area contributed by atoms with Gasteiger partial charge in [-0.2, -0.15) is 0 Å². The Morgan fingerprint density at radius 3 is 2.69 bits per heavy atom. The first-order valence-electron chi connectivity index (χ1n) is 3.31. The molecule has 0 aliphatic heterocycles. The van der Waals surface area contributed by atoms with Gasteiger partial charge in [-0.15, -0.1) is 0 Å². The molecule has 0 saturated heterocycles. The smallest absolute Gasteiger partial charge is 0.223 e. The molecule has 0 aromatic heterocycles. The quantitative estimate of drug-likeness (QED) is 0.426. The summed E-state index contributed by atoms with van der Waals surface area (Å²) in [7, 11) is 0. The molecule has 0 radical (unpaired) electrons. The van der Waals surface area contributed by atoms with Crippen molar-refractivity contribution in [1.29, 1.82) is 0 Å². The summed E-state index contributed by atoms with van der Waals surface area (Å²) in [5.41, 5.74) is 5.54. The normalized spacial score (nSPS) is 14.2. The van der Waals surface area contributed by atoms with Crippen molar-refractivity contribution in [2.45, 2.75) is 0 Å². The summed E-state index contributed by atoms with van der Waals surface area (Å²) >= 11 is 3.48. The van der Waals surface area contributed by atoms with Gasteiger partial charge in [0.05, 0.1) is 10.7 Å². The van der Waals surface area contributed by atoms with E-state index in [1.165, 1.54) is 0 Å². The Balaban J connectivity index is 3.04. The van der Waals surface area contributed by atoms with E-state index in [9.17, 15) is 4.21 Å². The van der Waals surface area contributed by atoms with Gasteiger partial charge in [0, 0.05) is 0 Å². The summed E-state index contributed by atoms with van der Waals surface area (Å²) < 4.78 is 19.0. The number of rotatable bonds is 1. The van der Waals surface area contributed by atoms with Crippen molar-refractivity contribution >= 4 is 33.5 Å². The van der Waals surface area contributed by atoms with E-state index in [1.54, 1.807) is 24.3 Å². The first kappa shape index (κ1) is 10.2. The number of para-hydroxylation sites is 1. The average molecular weight is 219 g/mol. The molecule has 1 atom stereocenters. The number of halogens is 1. The molecule has 0 spiro atoms. The molecular weight excluding hydrogens is 212 g/mol. The molecule has 0 fully saturated rings. The molecular formula is C7H7ClN2O2S. The Kier molecular flexibility index (Phi) is 3.41. The molecule has 3 N–H and O–H groups in total. The third-order valence-corrected chi connectivity index (χ3v) is 2.03. The maximum absolute atomic E-state index is 10.4. The van der Waals surface area contributed by atoms with Crippen LogP contribution in [0, 0.1) is 0 Å². The predicted molar refractivity (Wildman–Crippen MR) is 53.5 cm³/mol. The molecule has 1 rings (SSSR count). The third-order valence-electron chi connectivity index (χ3n) is 1.26. The topological polar surface area (TPSA) is 75.7 Å². The minimum Gasteiger partial charge on any atom is -0.374 e. The molecule has 0 saturated carbocycles. The van der Waals surface area contributed by atoms with Gasteiger partial charge in [-0.3, -0.25) is 4.55 Å². The van der Waals surface area contributed by atoms with Crippen LogP contribution in [0.2, 0.25) is 5.02 Å². The van der Waals surface area contributed by atoms with Crippen LogP contribution >= 0.6 is 11.6 Å². The number of amidine groups is 1. The lowest BCUT2D eigenvalue weighted by Crippen LogP contribution is -2.16. The van der Waals surface area contributed by atoms with Crippen molar-refractivity contribution in [3.8, 4) is 0 Å². The highest BCUT2D eigenvalue weighted by Crippen LogP contribution is 2.23. The van der Waals surface area contributed by atoms with Crippen LogP contribution in [-0.4, -0.2) is 13.9 Å². The minimum atomic E-state index is -2.25. The Labute approximate surface area is 82.7 Å². The molecule has 1 unspecified atom stereocenters.